The zero-order valence-electron chi connectivity index (χ0n) is 15.3. The average molecular weight is 358 g/mol. The Bertz CT molecular complexity index is 716. The largest absolute Gasteiger partial charge is 0.354 e. The maximum absolute atomic E-state index is 12.1. The normalized spacial score (nSPS) is 20.3. The molecule has 2 aliphatic rings. The first-order chi connectivity index (χ1) is 12.3. The van der Waals surface area contributed by atoms with E-state index in [1.807, 2.05) is 0 Å². The molecule has 7 heteroatoms. The van der Waals surface area contributed by atoms with Crippen molar-refractivity contribution < 1.29 is 14.4 Å². The van der Waals surface area contributed by atoms with Crippen molar-refractivity contribution in [3.05, 3.63) is 35.4 Å². The molecular weight excluding hydrogens is 332 g/mol. The molecule has 0 aliphatic carbocycles. The summed E-state index contributed by atoms with van der Waals surface area (Å²) in [5, 5.41) is 7.64. The van der Waals surface area contributed by atoms with Gasteiger partial charge in [0.15, 0.2) is 0 Å². The highest BCUT2D eigenvalue weighted by molar-refractivity contribution is 6.04. The molecule has 0 radical (unpaired) electrons. The van der Waals surface area contributed by atoms with Crippen molar-refractivity contribution in [1.82, 2.24) is 20.9 Å². The van der Waals surface area contributed by atoms with Crippen molar-refractivity contribution in [1.29, 1.82) is 0 Å². The number of urea groups is 1. The van der Waals surface area contributed by atoms with Gasteiger partial charge in [-0.25, -0.2) is 4.79 Å². The summed E-state index contributed by atoms with van der Waals surface area (Å²) in [4.78, 5) is 37.1. The first-order valence-corrected chi connectivity index (χ1v) is 9.05. The summed E-state index contributed by atoms with van der Waals surface area (Å²) in [5.41, 5.74) is 2.59. The van der Waals surface area contributed by atoms with Crippen molar-refractivity contribution >= 4 is 17.8 Å². The molecule has 140 valence electrons. The Balaban J connectivity index is 1.46. The van der Waals surface area contributed by atoms with Gasteiger partial charge in [-0.2, -0.15) is 0 Å². The molecule has 0 spiro atoms. The molecule has 3 N–H and O–H groups in total. The highest BCUT2D eigenvalue weighted by Crippen LogP contribution is 2.24. The fourth-order valence-corrected chi connectivity index (χ4v) is 3.47. The fourth-order valence-electron chi connectivity index (χ4n) is 3.47. The number of nitrogens with zero attached hydrogens (tertiary/aromatic N) is 1. The molecule has 1 fully saturated rings. The molecule has 1 aromatic carbocycles. The molecule has 1 aromatic rings. The van der Waals surface area contributed by atoms with Crippen LogP contribution in [0.15, 0.2) is 24.3 Å². The zero-order chi connectivity index (χ0) is 18.7. The number of carbonyl (C=O) groups is 3. The first-order valence-electron chi connectivity index (χ1n) is 9.05. The molecule has 26 heavy (non-hydrogen) atoms. The second-order valence-corrected chi connectivity index (χ2v) is 7.58. The first kappa shape index (κ1) is 18.4. The van der Waals surface area contributed by atoms with Crippen LogP contribution in [0.4, 0.5) is 4.79 Å². The summed E-state index contributed by atoms with van der Waals surface area (Å²) >= 11 is 0. The van der Waals surface area contributed by atoms with E-state index in [0.717, 1.165) is 19.5 Å². The SMILES string of the molecule is CC(C)(CNC(=O)CC[C@@H]1NC(=O)NC1=O)N1CCc2ccccc2C1. The molecule has 0 aromatic heterocycles. The molecule has 7 nitrogen and oxygen atoms in total. The second-order valence-electron chi connectivity index (χ2n) is 7.58. The van der Waals surface area contributed by atoms with E-state index in [2.05, 4.69) is 59.0 Å². The Hall–Kier alpha value is -2.41. The standard InChI is InChI=1S/C19H26N4O3/c1-19(2,23-10-9-13-5-3-4-6-14(13)11-23)12-20-16(24)8-7-15-17(25)22-18(26)21-15/h3-6,15H,7-12H2,1-2H3,(H,20,24)(H2,21,22,25,26)/t15-/m0/s1. The number of carbonyl (C=O) groups excluding carboxylic acids is 3. The lowest BCUT2D eigenvalue weighted by Crippen LogP contribution is -2.53. The number of nitrogens with one attached hydrogen (secondary N) is 3. The third-order valence-corrected chi connectivity index (χ3v) is 5.22. The van der Waals surface area contributed by atoms with Gasteiger partial charge in [-0.15, -0.1) is 0 Å². The van der Waals surface area contributed by atoms with E-state index in [4.69, 9.17) is 0 Å². The topological polar surface area (TPSA) is 90.5 Å². The maximum atomic E-state index is 12.1. The van der Waals surface area contributed by atoms with E-state index in [9.17, 15) is 14.4 Å². The molecule has 1 atom stereocenters. The van der Waals surface area contributed by atoms with Gasteiger partial charge in [-0.05, 0) is 37.8 Å². The average Bonchev–Trinajstić information content (AvgIpc) is 2.95. The summed E-state index contributed by atoms with van der Waals surface area (Å²) in [7, 11) is 0. The lowest BCUT2D eigenvalue weighted by atomic mass is 9.94. The minimum atomic E-state index is -0.611. The molecule has 2 heterocycles. The summed E-state index contributed by atoms with van der Waals surface area (Å²) in [6, 6.07) is 7.38. The summed E-state index contributed by atoms with van der Waals surface area (Å²) < 4.78 is 0. The van der Waals surface area contributed by atoms with Crippen LogP contribution >= 0.6 is 0 Å². The van der Waals surface area contributed by atoms with Crippen LogP contribution in [0.25, 0.3) is 0 Å². The van der Waals surface area contributed by atoms with Crippen LogP contribution in [-0.4, -0.2) is 47.4 Å². The van der Waals surface area contributed by atoms with Gasteiger partial charge in [0.2, 0.25) is 5.91 Å². The van der Waals surface area contributed by atoms with Crippen LogP contribution in [0.1, 0.15) is 37.8 Å². The highest BCUT2D eigenvalue weighted by Gasteiger charge is 2.31. The summed E-state index contributed by atoms with van der Waals surface area (Å²) in [6.45, 7) is 6.65. The zero-order valence-corrected chi connectivity index (χ0v) is 15.3. The van der Waals surface area contributed by atoms with Crippen LogP contribution in [0.2, 0.25) is 0 Å². The fraction of sp³-hybridized carbons (Fsp3) is 0.526. The second kappa shape index (κ2) is 7.45. The lowest BCUT2D eigenvalue weighted by Gasteiger charge is -2.41. The van der Waals surface area contributed by atoms with Crippen LogP contribution in [0.3, 0.4) is 0 Å². The van der Waals surface area contributed by atoms with Crippen LogP contribution in [0.5, 0.6) is 0 Å². The number of hydrogen-bond donors (Lipinski definition) is 3. The van der Waals surface area contributed by atoms with Gasteiger partial charge in [0.1, 0.15) is 6.04 Å². The Morgan fingerprint density at radius 1 is 1.27 bits per heavy atom. The molecule has 4 amide bonds. The third-order valence-electron chi connectivity index (χ3n) is 5.22. The Kier molecular flexibility index (Phi) is 5.27. The minimum Gasteiger partial charge on any atom is -0.354 e. The lowest BCUT2D eigenvalue weighted by molar-refractivity contribution is -0.122. The molecule has 0 saturated carbocycles. The monoisotopic (exact) mass is 358 g/mol. The van der Waals surface area contributed by atoms with E-state index < -0.39 is 12.1 Å². The molecule has 3 rings (SSSR count). The number of hydrogen-bond acceptors (Lipinski definition) is 4. The number of rotatable bonds is 6. The summed E-state index contributed by atoms with van der Waals surface area (Å²) in [5.74, 6) is -0.473. The summed E-state index contributed by atoms with van der Waals surface area (Å²) in [6.07, 6.45) is 1.53. The number of fused-ring (bicyclic) bond motifs is 1. The smallest absolute Gasteiger partial charge is 0.322 e. The number of amides is 4. The predicted octanol–water partition coefficient (Wildman–Crippen LogP) is 0.928. The molecule has 0 bridgehead atoms. The Morgan fingerprint density at radius 2 is 2.00 bits per heavy atom. The van der Waals surface area contributed by atoms with Gasteiger partial charge >= 0.3 is 6.03 Å². The Morgan fingerprint density at radius 3 is 2.69 bits per heavy atom. The van der Waals surface area contributed by atoms with E-state index >= 15 is 0 Å². The highest BCUT2D eigenvalue weighted by atomic mass is 16.2. The van der Waals surface area contributed by atoms with E-state index in [1.165, 1.54) is 11.1 Å². The van der Waals surface area contributed by atoms with Gasteiger partial charge in [0.05, 0.1) is 0 Å². The van der Waals surface area contributed by atoms with Crippen molar-refractivity contribution in [2.24, 2.45) is 0 Å². The van der Waals surface area contributed by atoms with Crippen molar-refractivity contribution in [3.8, 4) is 0 Å². The van der Waals surface area contributed by atoms with Crippen LogP contribution in [0, 0.1) is 0 Å². The van der Waals surface area contributed by atoms with Gasteiger partial charge in [0.25, 0.3) is 5.91 Å². The Labute approximate surface area is 153 Å². The maximum Gasteiger partial charge on any atom is 0.322 e. The van der Waals surface area contributed by atoms with Gasteiger partial charge in [0, 0.05) is 31.6 Å². The van der Waals surface area contributed by atoms with Gasteiger partial charge in [-0.3, -0.25) is 19.8 Å². The van der Waals surface area contributed by atoms with Crippen molar-refractivity contribution in [2.75, 3.05) is 13.1 Å². The van der Waals surface area contributed by atoms with Crippen LogP contribution < -0.4 is 16.0 Å². The third kappa shape index (κ3) is 4.22. The van der Waals surface area contributed by atoms with Gasteiger partial charge in [-0.1, -0.05) is 24.3 Å². The number of benzene rings is 1. The van der Waals surface area contributed by atoms with Gasteiger partial charge < -0.3 is 10.6 Å². The number of imide groups is 1. The molecular formula is C19H26N4O3. The quantitative estimate of drug-likeness (QED) is 0.660. The minimum absolute atomic E-state index is 0.107. The van der Waals surface area contributed by atoms with E-state index in [1.54, 1.807) is 0 Å². The molecule has 0 unspecified atom stereocenters. The van der Waals surface area contributed by atoms with Crippen molar-refractivity contribution in [3.63, 3.8) is 0 Å². The molecule has 2 aliphatic heterocycles. The van der Waals surface area contributed by atoms with E-state index in [0.29, 0.717) is 13.0 Å². The van der Waals surface area contributed by atoms with Crippen LogP contribution in [-0.2, 0) is 22.6 Å². The van der Waals surface area contributed by atoms with Crippen molar-refractivity contribution in [2.45, 2.75) is 51.2 Å². The van der Waals surface area contributed by atoms with E-state index in [-0.39, 0.29) is 23.8 Å². The molecule has 1 saturated heterocycles. The predicted molar refractivity (Wildman–Crippen MR) is 97.3 cm³/mol.